The molecule has 0 radical (unpaired) electrons. The van der Waals surface area contributed by atoms with Crippen LogP contribution in [-0.4, -0.2) is 23.0 Å². The van der Waals surface area contributed by atoms with Crippen LogP contribution in [0.1, 0.15) is 11.1 Å². The number of nitrogens with one attached hydrogen (secondary N) is 1. The van der Waals surface area contributed by atoms with Crippen LogP contribution >= 0.6 is 11.8 Å². The zero-order chi connectivity index (χ0) is 15.9. The molecule has 2 aromatic carbocycles. The molecule has 2 aromatic rings. The van der Waals surface area contributed by atoms with Crippen LogP contribution in [0.5, 0.6) is 5.75 Å². The number of carbonyl (C=O) groups excluding carboxylic acids is 1. The Morgan fingerprint density at radius 3 is 2.83 bits per heavy atom. The fourth-order valence-electron chi connectivity index (χ4n) is 1.95. The normalized spacial score (nSPS) is 16.0. The molecule has 0 aromatic heterocycles. The fraction of sp³-hybridized carbons (Fsp3) is 0.118. The van der Waals surface area contributed by atoms with E-state index >= 15 is 0 Å². The van der Waals surface area contributed by atoms with Gasteiger partial charge in [0, 0.05) is 0 Å². The van der Waals surface area contributed by atoms with E-state index in [2.05, 4.69) is 15.5 Å². The average molecular weight is 325 g/mol. The Morgan fingerprint density at radius 2 is 2.04 bits per heavy atom. The summed E-state index contributed by atoms with van der Waals surface area (Å²) < 4.78 is 5.77. The van der Waals surface area contributed by atoms with Gasteiger partial charge in [0.15, 0.2) is 5.17 Å². The van der Waals surface area contributed by atoms with Crippen LogP contribution < -0.4 is 10.1 Å². The van der Waals surface area contributed by atoms with Gasteiger partial charge in [-0.15, -0.1) is 5.10 Å². The summed E-state index contributed by atoms with van der Waals surface area (Å²) in [7, 11) is 0. The van der Waals surface area contributed by atoms with E-state index in [9.17, 15) is 4.79 Å². The number of benzene rings is 2. The van der Waals surface area contributed by atoms with Gasteiger partial charge in [-0.2, -0.15) is 5.10 Å². The highest BCUT2D eigenvalue weighted by molar-refractivity contribution is 8.15. The highest BCUT2D eigenvalue weighted by atomic mass is 32.2. The predicted octanol–water partition coefficient (Wildman–Crippen LogP) is 2.82. The van der Waals surface area contributed by atoms with E-state index in [1.165, 1.54) is 11.8 Å². The van der Waals surface area contributed by atoms with Crippen LogP contribution in [0.4, 0.5) is 0 Å². The Kier molecular flexibility index (Phi) is 5.06. The lowest BCUT2D eigenvalue weighted by molar-refractivity contribution is -0.116. The second-order valence-electron chi connectivity index (χ2n) is 4.83. The van der Waals surface area contributed by atoms with Crippen molar-refractivity contribution in [2.24, 2.45) is 10.2 Å². The van der Waals surface area contributed by atoms with Gasteiger partial charge in [-0.3, -0.25) is 4.79 Å². The van der Waals surface area contributed by atoms with Crippen molar-refractivity contribution in [2.45, 2.75) is 6.61 Å². The van der Waals surface area contributed by atoms with E-state index in [4.69, 9.17) is 4.74 Å². The summed E-state index contributed by atoms with van der Waals surface area (Å²) in [5.41, 5.74) is 2.00. The highest BCUT2D eigenvalue weighted by Gasteiger charge is 2.15. The molecule has 5 nitrogen and oxygen atoms in total. The Bertz CT molecular complexity index is 745. The molecule has 1 aliphatic heterocycles. The molecular weight excluding hydrogens is 310 g/mol. The minimum absolute atomic E-state index is 0.0414. The minimum Gasteiger partial charge on any atom is -0.489 e. The maximum absolute atomic E-state index is 11.0. The lowest BCUT2D eigenvalue weighted by Crippen LogP contribution is -2.19. The van der Waals surface area contributed by atoms with Crippen LogP contribution in [0, 0.1) is 0 Å². The van der Waals surface area contributed by atoms with Crippen molar-refractivity contribution in [1.29, 1.82) is 0 Å². The minimum atomic E-state index is -0.0414. The van der Waals surface area contributed by atoms with Crippen LogP contribution in [0.2, 0.25) is 0 Å². The van der Waals surface area contributed by atoms with Crippen molar-refractivity contribution in [2.75, 3.05) is 5.75 Å². The molecule has 1 saturated heterocycles. The van der Waals surface area contributed by atoms with E-state index in [-0.39, 0.29) is 5.91 Å². The number of thioether (sulfide) groups is 1. The quantitative estimate of drug-likeness (QED) is 0.679. The van der Waals surface area contributed by atoms with Gasteiger partial charge >= 0.3 is 0 Å². The highest BCUT2D eigenvalue weighted by Crippen LogP contribution is 2.14. The van der Waals surface area contributed by atoms with Gasteiger partial charge in [-0.1, -0.05) is 54.2 Å². The van der Waals surface area contributed by atoms with Gasteiger partial charge < -0.3 is 10.1 Å². The van der Waals surface area contributed by atoms with Crippen LogP contribution in [-0.2, 0) is 11.4 Å². The molecule has 3 rings (SSSR count). The number of hydrogen-bond donors (Lipinski definition) is 1. The Hall–Kier alpha value is -2.60. The molecule has 1 aliphatic rings. The molecule has 0 unspecified atom stereocenters. The smallest absolute Gasteiger partial charge is 0.236 e. The number of ether oxygens (including phenoxy) is 1. The van der Waals surface area contributed by atoms with E-state index in [0.717, 1.165) is 16.9 Å². The van der Waals surface area contributed by atoms with E-state index in [1.807, 2.05) is 54.6 Å². The Labute approximate surface area is 138 Å². The molecule has 1 N–H and O–H groups in total. The Balaban J connectivity index is 1.60. The SMILES string of the molecule is O=C1CS/C(=N\N=C\c2cccc(OCc3ccccc3)c2)N1. The van der Waals surface area contributed by atoms with Crippen molar-refractivity contribution < 1.29 is 9.53 Å². The average Bonchev–Trinajstić information content (AvgIpc) is 3.00. The molecule has 1 heterocycles. The largest absolute Gasteiger partial charge is 0.489 e. The molecule has 6 heteroatoms. The summed E-state index contributed by atoms with van der Waals surface area (Å²) in [6.07, 6.45) is 1.63. The van der Waals surface area contributed by atoms with Crippen molar-refractivity contribution >= 4 is 29.1 Å². The van der Waals surface area contributed by atoms with Crippen molar-refractivity contribution in [3.05, 3.63) is 65.7 Å². The van der Waals surface area contributed by atoms with Gasteiger partial charge in [-0.05, 0) is 23.3 Å². The third kappa shape index (κ3) is 4.69. The van der Waals surface area contributed by atoms with Crippen LogP contribution in [0.15, 0.2) is 64.8 Å². The molecule has 116 valence electrons. The first-order chi connectivity index (χ1) is 11.3. The predicted molar refractivity (Wildman–Crippen MR) is 92.8 cm³/mol. The van der Waals surface area contributed by atoms with Crippen LogP contribution in [0.25, 0.3) is 0 Å². The van der Waals surface area contributed by atoms with Gasteiger partial charge in [-0.25, -0.2) is 0 Å². The van der Waals surface area contributed by atoms with Gasteiger partial charge in [0.25, 0.3) is 0 Å². The molecule has 1 fully saturated rings. The molecule has 0 aliphatic carbocycles. The topological polar surface area (TPSA) is 63.0 Å². The van der Waals surface area contributed by atoms with Gasteiger partial charge in [0.1, 0.15) is 12.4 Å². The van der Waals surface area contributed by atoms with E-state index in [1.54, 1.807) is 6.21 Å². The monoisotopic (exact) mass is 325 g/mol. The van der Waals surface area contributed by atoms with E-state index in [0.29, 0.717) is 17.5 Å². The third-order valence-corrected chi connectivity index (χ3v) is 3.91. The maximum Gasteiger partial charge on any atom is 0.236 e. The molecule has 0 spiro atoms. The molecule has 23 heavy (non-hydrogen) atoms. The first-order valence-electron chi connectivity index (χ1n) is 7.10. The lowest BCUT2D eigenvalue weighted by atomic mass is 10.2. The molecule has 1 amide bonds. The summed E-state index contributed by atoms with van der Waals surface area (Å²) in [6.45, 7) is 0.520. The number of amides is 1. The second kappa shape index (κ2) is 7.60. The van der Waals surface area contributed by atoms with Crippen molar-refractivity contribution in [3.8, 4) is 5.75 Å². The summed E-state index contributed by atoms with van der Waals surface area (Å²) in [6, 6.07) is 17.6. The van der Waals surface area contributed by atoms with Crippen molar-refractivity contribution in [3.63, 3.8) is 0 Å². The third-order valence-electron chi connectivity index (χ3n) is 3.05. The molecule has 0 atom stereocenters. The number of amidine groups is 1. The van der Waals surface area contributed by atoms with Crippen molar-refractivity contribution in [1.82, 2.24) is 5.32 Å². The molecule has 0 bridgehead atoms. The first kappa shape index (κ1) is 15.3. The second-order valence-corrected chi connectivity index (χ2v) is 5.80. The lowest BCUT2D eigenvalue weighted by Gasteiger charge is -2.06. The molecular formula is C17H15N3O2S. The summed E-state index contributed by atoms with van der Waals surface area (Å²) in [5, 5.41) is 11.1. The molecule has 0 saturated carbocycles. The standard InChI is InChI=1S/C17H15N3O2S/c21-16-12-23-17(19-16)20-18-10-14-7-4-8-15(9-14)22-11-13-5-2-1-3-6-13/h1-10H,11-12H2,(H,19,20,21)/b18-10+. The summed E-state index contributed by atoms with van der Waals surface area (Å²) in [4.78, 5) is 11.0. The zero-order valence-corrected chi connectivity index (χ0v) is 13.1. The summed E-state index contributed by atoms with van der Waals surface area (Å²) >= 11 is 1.35. The number of hydrogen-bond acceptors (Lipinski definition) is 5. The van der Waals surface area contributed by atoms with Crippen LogP contribution in [0.3, 0.4) is 0 Å². The van der Waals surface area contributed by atoms with Gasteiger partial charge in [0.2, 0.25) is 5.91 Å². The maximum atomic E-state index is 11.0. The number of nitrogens with zero attached hydrogens (tertiary/aromatic N) is 2. The first-order valence-corrected chi connectivity index (χ1v) is 8.08. The summed E-state index contributed by atoms with van der Waals surface area (Å²) in [5.74, 6) is 1.13. The van der Waals surface area contributed by atoms with E-state index < -0.39 is 0 Å². The van der Waals surface area contributed by atoms with Gasteiger partial charge in [0.05, 0.1) is 12.0 Å². The number of carbonyl (C=O) groups is 1. The number of rotatable bonds is 5. The zero-order valence-electron chi connectivity index (χ0n) is 12.3. The fourth-order valence-corrected chi connectivity index (χ4v) is 2.58. The Morgan fingerprint density at radius 1 is 1.17 bits per heavy atom.